The van der Waals surface area contributed by atoms with E-state index in [2.05, 4.69) is 13.8 Å². The molecule has 1 heteroatoms. The zero-order valence-electron chi connectivity index (χ0n) is 9.32. The minimum atomic E-state index is 0.448. The van der Waals surface area contributed by atoms with Crippen molar-refractivity contribution >= 4 is 11.6 Å². The largest absolute Gasteiger partial charge is 0.123 e. The molecule has 0 nitrogen and oxygen atoms in total. The molecule has 0 fully saturated rings. The molecule has 0 N–H and O–H groups in total. The highest BCUT2D eigenvalue weighted by atomic mass is 35.5. The second-order valence-corrected chi connectivity index (χ2v) is 4.56. The monoisotopic (exact) mass is 204 g/mol. The van der Waals surface area contributed by atoms with Crippen molar-refractivity contribution in [2.24, 2.45) is 0 Å². The Balaban J connectivity index is 3.05. The number of rotatable bonds is 9. The first kappa shape index (κ1) is 13.3. The summed E-state index contributed by atoms with van der Waals surface area (Å²) in [5.74, 6) is 0. The Morgan fingerprint density at radius 1 is 0.769 bits per heavy atom. The van der Waals surface area contributed by atoms with Crippen LogP contribution in [0.5, 0.6) is 0 Å². The van der Waals surface area contributed by atoms with Crippen LogP contribution in [0.2, 0.25) is 0 Å². The predicted octanol–water partition coefficient (Wildman–Crippen LogP) is 5.14. The maximum absolute atomic E-state index is 6.20. The molecular formula is C12H25Cl. The van der Waals surface area contributed by atoms with Gasteiger partial charge in [-0.1, -0.05) is 58.8 Å². The number of hydrogen-bond acceptors (Lipinski definition) is 0. The number of halogens is 1. The highest BCUT2D eigenvalue weighted by Crippen LogP contribution is 2.16. The molecule has 13 heavy (non-hydrogen) atoms. The lowest BCUT2D eigenvalue weighted by Crippen LogP contribution is -1.98. The Morgan fingerprint density at radius 3 is 1.77 bits per heavy atom. The Labute approximate surface area is 89.1 Å². The lowest BCUT2D eigenvalue weighted by molar-refractivity contribution is 0.568. The van der Waals surface area contributed by atoms with Crippen LogP contribution in [0.25, 0.3) is 0 Å². The molecule has 1 unspecified atom stereocenters. The van der Waals surface area contributed by atoms with E-state index in [1.807, 2.05) is 0 Å². The molecule has 0 aliphatic rings. The van der Waals surface area contributed by atoms with Crippen LogP contribution in [0.1, 0.15) is 71.6 Å². The first-order valence-corrected chi connectivity index (χ1v) is 6.39. The summed E-state index contributed by atoms with van der Waals surface area (Å²) in [5.41, 5.74) is 0. The van der Waals surface area contributed by atoms with Crippen molar-refractivity contribution in [2.45, 2.75) is 77.0 Å². The van der Waals surface area contributed by atoms with E-state index < -0.39 is 0 Å². The van der Waals surface area contributed by atoms with Crippen LogP contribution < -0.4 is 0 Å². The van der Waals surface area contributed by atoms with E-state index in [4.69, 9.17) is 11.6 Å². The van der Waals surface area contributed by atoms with E-state index in [1.165, 1.54) is 57.8 Å². The van der Waals surface area contributed by atoms with Gasteiger partial charge in [-0.2, -0.15) is 0 Å². The lowest BCUT2D eigenvalue weighted by atomic mass is 10.1. The van der Waals surface area contributed by atoms with Crippen LogP contribution in [-0.2, 0) is 0 Å². The van der Waals surface area contributed by atoms with Crippen molar-refractivity contribution in [1.29, 1.82) is 0 Å². The van der Waals surface area contributed by atoms with Crippen LogP contribution in [-0.4, -0.2) is 5.38 Å². The Morgan fingerprint density at radius 2 is 1.23 bits per heavy atom. The molecule has 0 aromatic heterocycles. The molecular weight excluding hydrogens is 180 g/mol. The zero-order valence-corrected chi connectivity index (χ0v) is 10.1. The maximum atomic E-state index is 6.20. The second-order valence-electron chi connectivity index (χ2n) is 3.94. The fraction of sp³-hybridized carbons (Fsp3) is 1.00. The van der Waals surface area contributed by atoms with Crippen LogP contribution in [0.4, 0.5) is 0 Å². The van der Waals surface area contributed by atoms with E-state index in [-0.39, 0.29) is 0 Å². The molecule has 0 aromatic rings. The lowest BCUT2D eigenvalue weighted by Gasteiger charge is -2.07. The third-order valence-corrected chi connectivity index (χ3v) is 2.93. The Bertz CT molecular complexity index is 91.1. The normalized spacial score (nSPS) is 13.2. The highest BCUT2D eigenvalue weighted by molar-refractivity contribution is 6.20. The molecule has 0 heterocycles. The van der Waals surface area contributed by atoms with Gasteiger partial charge in [-0.3, -0.25) is 0 Å². The molecule has 80 valence electrons. The molecule has 0 spiro atoms. The van der Waals surface area contributed by atoms with E-state index in [1.54, 1.807) is 0 Å². The predicted molar refractivity (Wildman–Crippen MR) is 62.5 cm³/mol. The average molecular weight is 205 g/mol. The summed E-state index contributed by atoms with van der Waals surface area (Å²) in [6.45, 7) is 4.49. The molecule has 0 rings (SSSR count). The molecule has 0 radical (unpaired) electrons. The third kappa shape index (κ3) is 10.2. The topological polar surface area (TPSA) is 0 Å². The van der Waals surface area contributed by atoms with Crippen molar-refractivity contribution in [1.82, 2.24) is 0 Å². The van der Waals surface area contributed by atoms with Gasteiger partial charge in [-0.25, -0.2) is 0 Å². The third-order valence-electron chi connectivity index (χ3n) is 2.49. The van der Waals surface area contributed by atoms with Crippen molar-refractivity contribution in [3.05, 3.63) is 0 Å². The second kappa shape index (κ2) is 10.4. The van der Waals surface area contributed by atoms with Gasteiger partial charge in [0.15, 0.2) is 0 Å². The van der Waals surface area contributed by atoms with Gasteiger partial charge >= 0.3 is 0 Å². The molecule has 0 bridgehead atoms. The van der Waals surface area contributed by atoms with Crippen LogP contribution in [0.15, 0.2) is 0 Å². The van der Waals surface area contributed by atoms with Crippen LogP contribution >= 0.6 is 11.6 Å². The summed E-state index contributed by atoms with van der Waals surface area (Å²) in [6.07, 6.45) is 11.8. The molecule has 0 saturated heterocycles. The summed E-state index contributed by atoms with van der Waals surface area (Å²) in [5, 5.41) is 0.448. The summed E-state index contributed by atoms with van der Waals surface area (Å²) < 4.78 is 0. The van der Waals surface area contributed by atoms with Gasteiger partial charge in [0, 0.05) is 5.38 Å². The van der Waals surface area contributed by atoms with Gasteiger partial charge in [0.2, 0.25) is 0 Å². The minimum absolute atomic E-state index is 0.448. The van der Waals surface area contributed by atoms with Gasteiger partial charge in [0.1, 0.15) is 0 Å². The van der Waals surface area contributed by atoms with Crippen molar-refractivity contribution in [3.63, 3.8) is 0 Å². The van der Waals surface area contributed by atoms with Gasteiger partial charge in [-0.05, 0) is 12.8 Å². The van der Waals surface area contributed by atoms with E-state index in [0.29, 0.717) is 5.38 Å². The Hall–Kier alpha value is 0.290. The average Bonchev–Trinajstić information content (AvgIpc) is 2.13. The maximum Gasteiger partial charge on any atom is 0.0336 e. The number of alkyl halides is 1. The minimum Gasteiger partial charge on any atom is -0.123 e. The molecule has 1 atom stereocenters. The fourth-order valence-corrected chi connectivity index (χ4v) is 1.86. The summed E-state index contributed by atoms with van der Waals surface area (Å²) in [7, 11) is 0. The number of unbranched alkanes of at least 4 members (excludes halogenated alkanes) is 5. The SMILES string of the molecule is CCCCCCC(Cl)CCCCC. The van der Waals surface area contributed by atoms with E-state index in [9.17, 15) is 0 Å². The van der Waals surface area contributed by atoms with Gasteiger partial charge in [0.05, 0.1) is 0 Å². The first-order chi connectivity index (χ1) is 6.31. The highest BCUT2D eigenvalue weighted by Gasteiger charge is 2.02. The van der Waals surface area contributed by atoms with Crippen molar-refractivity contribution in [3.8, 4) is 0 Å². The fourth-order valence-electron chi connectivity index (χ4n) is 1.55. The van der Waals surface area contributed by atoms with Gasteiger partial charge < -0.3 is 0 Å². The summed E-state index contributed by atoms with van der Waals surface area (Å²) in [4.78, 5) is 0. The Kier molecular flexibility index (Phi) is 10.6. The molecule has 0 saturated carbocycles. The van der Waals surface area contributed by atoms with Gasteiger partial charge in [0.25, 0.3) is 0 Å². The van der Waals surface area contributed by atoms with Crippen LogP contribution in [0, 0.1) is 0 Å². The first-order valence-electron chi connectivity index (χ1n) is 5.95. The summed E-state index contributed by atoms with van der Waals surface area (Å²) >= 11 is 6.20. The quantitative estimate of drug-likeness (QED) is 0.360. The smallest absolute Gasteiger partial charge is 0.0336 e. The van der Waals surface area contributed by atoms with Crippen molar-refractivity contribution < 1.29 is 0 Å². The van der Waals surface area contributed by atoms with E-state index >= 15 is 0 Å². The molecule has 0 amide bonds. The molecule has 0 aliphatic heterocycles. The molecule has 0 aromatic carbocycles. The van der Waals surface area contributed by atoms with E-state index in [0.717, 1.165) is 0 Å². The molecule has 0 aliphatic carbocycles. The standard InChI is InChI=1S/C12H25Cl/c1-3-5-7-9-11-12(13)10-8-6-4-2/h12H,3-11H2,1-2H3. The van der Waals surface area contributed by atoms with Crippen LogP contribution in [0.3, 0.4) is 0 Å². The number of hydrogen-bond donors (Lipinski definition) is 0. The van der Waals surface area contributed by atoms with Gasteiger partial charge in [-0.15, -0.1) is 11.6 Å². The van der Waals surface area contributed by atoms with Crippen molar-refractivity contribution in [2.75, 3.05) is 0 Å². The summed E-state index contributed by atoms with van der Waals surface area (Å²) in [6, 6.07) is 0. The zero-order chi connectivity index (χ0) is 9.94.